The van der Waals surface area contributed by atoms with Crippen molar-refractivity contribution in [3.05, 3.63) is 34.5 Å². The second kappa shape index (κ2) is 12.0. The third-order valence-electron chi connectivity index (χ3n) is 4.40. The summed E-state index contributed by atoms with van der Waals surface area (Å²) in [4.78, 5) is 29.8. The first-order chi connectivity index (χ1) is 15.2. The second-order valence-corrected chi connectivity index (χ2v) is 8.47. The third-order valence-corrected chi connectivity index (χ3v) is 5.87. The first-order valence-corrected chi connectivity index (χ1v) is 11.3. The molecule has 176 valence electrons. The Hall–Kier alpha value is -2.44. The number of aryl methyl sites for hydroxylation is 1. The summed E-state index contributed by atoms with van der Waals surface area (Å²) < 4.78 is 20.5. The van der Waals surface area contributed by atoms with Crippen LogP contribution in [-0.2, 0) is 14.3 Å². The van der Waals surface area contributed by atoms with Gasteiger partial charge in [-0.05, 0) is 19.6 Å². The Labute approximate surface area is 195 Å². The van der Waals surface area contributed by atoms with Crippen LogP contribution in [0.3, 0.4) is 0 Å². The van der Waals surface area contributed by atoms with E-state index in [1.807, 2.05) is 6.92 Å². The van der Waals surface area contributed by atoms with Crippen molar-refractivity contribution in [2.45, 2.75) is 31.4 Å². The number of nitrogens with zero attached hydrogens (tertiary/aromatic N) is 2. The lowest BCUT2D eigenvalue weighted by atomic mass is 9.99. The van der Waals surface area contributed by atoms with Crippen LogP contribution in [-0.4, -0.2) is 60.3 Å². The smallest absolute Gasteiger partial charge is 0.339 e. The van der Waals surface area contributed by atoms with Crippen LogP contribution in [0, 0.1) is 13.8 Å². The van der Waals surface area contributed by atoms with Crippen LogP contribution in [0.15, 0.2) is 10.6 Å². The number of carbonyl (C=O) groups excluding carboxylic acids is 2. The Kier molecular flexibility index (Phi) is 9.66. The first kappa shape index (κ1) is 25.8. The summed E-state index contributed by atoms with van der Waals surface area (Å²) in [5.41, 5.74) is 0.773. The van der Waals surface area contributed by atoms with Crippen molar-refractivity contribution in [1.82, 2.24) is 15.5 Å². The highest BCUT2D eigenvalue weighted by atomic mass is 32.2. The maximum atomic E-state index is 12.9. The third kappa shape index (κ3) is 6.08. The molecule has 32 heavy (non-hydrogen) atoms. The summed E-state index contributed by atoms with van der Waals surface area (Å²) in [6.07, 6.45) is 0. The Morgan fingerprint density at radius 2 is 2.03 bits per heavy atom. The van der Waals surface area contributed by atoms with Gasteiger partial charge in [-0.3, -0.25) is 4.79 Å². The van der Waals surface area contributed by atoms with Crippen molar-refractivity contribution in [1.29, 1.82) is 0 Å². The van der Waals surface area contributed by atoms with E-state index in [2.05, 4.69) is 28.1 Å². The minimum absolute atomic E-state index is 0.0271. The Balaban J connectivity index is 2.45. The molecule has 1 heterocycles. The van der Waals surface area contributed by atoms with Gasteiger partial charge in [0.15, 0.2) is 11.1 Å². The van der Waals surface area contributed by atoms with Crippen molar-refractivity contribution in [2.75, 3.05) is 33.2 Å². The lowest BCUT2D eigenvalue weighted by Crippen LogP contribution is -2.31. The number of methoxy groups -OCH3 is 2. The fourth-order valence-electron chi connectivity index (χ4n) is 2.90. The van der Waals surface area contributed by atoms with Gasteiger partial charge in [0.2, 0.25) is 11.8 Å². The second-order valence-electron chi connectivity index (χ2n) is 6.57. The molecule has 0 aliphatic rings. The number of phenols is 1. The van der Waals surface area contributed by atoms with E-state index >= 15 is 0 Å². The molecule has 0 fully saturated rings. The van der Waals surface area contributed by atoms with Gasteiger partial charge in [0.1, 0.15) is 23.5 Å². The molecule has 1 aromatic carbocycles. The molecule has 1 aromatic heterocycles. The molecule has 2 atom stereocenters. The number of thiol groups is 1. The number of nitrogens with one attached hydrogen (secondary N) is 1. The van der Waals surface area contributed by atoms with Crippen molar-refractivity contribution in [3.8, 4) is 11.5 Å². The molecule has 2 aromatic rings. The summed E-state index contributed by atoms with van der Waals surface area (Å²) >= 11 is 5.58. The summed E-state index contributed by atoms with van der Waals surface area (Å²) in [5.74, 6) is -0.130. The van der Waals surface area contributed by atoms with E-state index in [0.717, 1.165) is 0 Å². The number of ether oxygens (including phenoxy) is 3. The van der Waals surface area contributed by atoms with Gasteiger partial charge >= 0.3 is 5.97 Å². The minimum atomic E-state index is -1.03. The standard InChI is InChI=1S/C20H27N3O7S2/c1-6-32-19(22-17(25)16(31)18-21-11(3)23-30-18)15-12(24)9-13(28-5)10(2)14(15)20(26)29-8-7-27-4/h9,16,19,24,31H,6-8H2,1-5H3,(H,22,25). The van der Waals surface area contributed by atoms with Crippen molar-refractivity contribution < 1.29 is 33.4 Å². The Bertz CT molecular complexity index is 952. The van der Waals surface area contributed by atoms with Crippen LogP contribution in [0.1, 0.15) is 50.7 Å². The molecule has 2 unspecified atom stereocenters. The average Bonchev–Trinajstić information content (AvgIpc) is 3.20. The predicted molar refractivity (Wildman–Crippen MR) is 121 cm³/mol. The van der Waals surface area contributed by atoms with Crippen molar-refractivity contribution >= 4 is 36.3 Å². The molecule has 1 amide bonds. The predicted octanol–water partition coefficient (Wildman–Crippen LogP) is 2.74. The molecule has 0 bridgehead atoms. The van der Waals surface area contributed by atoms with Crippen LogP contribution >= 0.6 is 24.4 Å². The number of aromatic nitrogens is 2. The lowest BCUT2D eigenvalue weighted by molar-refractivity contribution is -0.121. The van der Waals surface area contributed by atoms with Gasteiger partial charge in [0, 0.05) is 24.3 Å². The number of carbonyl (C=O) groups is 2. The lowest BCUT2D eigenvalue weighted by Gasteiger charge is -2.24. The van der Waals surface area contributed by atoms with Gasteiger partial charge in [0.05, 0.1) is 19.3 Å². The van der Waals surface area contributed by atoms with Gasteiger partial charge in [-0.15, -0.1) is 11.8 Å². The molecule has 0 spiro atoms. The van der Waals surface area contributed by atoms with Gasteiger partial charge in [-0.1, -0.05) is 12.1 Å². The summed E-state index contributed by atoms with van der Waals surface area (Å²) in [5, 5.41) is 15.4. The van der Waals surface area contributed by atoms with Gasteiger partial charge < -0.3 is 29.2 Å². The fraction of sp³-hybridized carbons (Fsp3) is 0.500. The van der Waals surface area contributed by atoms with Crippen LogP contribution in [0.4, 0.5) is 0 Å². The zero-order valence-corrected chi connectivity index (χ0v) is 20.2. The molecule has 2 rings (SSSR count). The highest BCUT2D eigenvalue weighted by Crippen LogP contribution is 2.41. The number of hydrogen-bond acceptors (Lipinski definition) is 11. The normalized spacial score (nSPS) is 12.8. The minimum Gasteiger partial charge on any atom is -0.507 e. The maximum Gasteiger partial charge on any atom is 0.339 e. The molecule has 0 saturated carbocycles. The highest BCUT2D eigenvalue weighted by Gasteiger charge is 2.32. The summed E-state index contributed by atoms with van der Waals surface area (Å²) in [7, 11) is 2.92. The molecule has 0 aliphatic heterocycles. The van der Waals surface area contributed by atoms with Gasteiger partial charge in [-0.25, -0.2) is 4.79 Å². The molecule has 10 nitrogen and oxygen atoms in total. The van der Waals surface area contributed by atoms with E-state index in [0.29, 0.717) is 22.9 Å². The number of rotatable bonds is 11. The summed E-state index contributed by atoms with van der Waals surface area (Å²) in [6, 6.07) is 1.39. The van der Waals surface area contributed by atoms with E-state index in [-0.39, 0.29) is 36.0 Å². The van der Waals surface area contributed by atoms with Crippen LogP contribution in [0.2, 0.25) is 0 Å². The number of benzene rings is 1. The number of phenolic OH excluding ortho intramolecular Hbond substituents is 1. The monoisotopic (exact) mass is 485 g/mol. The molecule has 0 radical (unpaired) electrons. The Morgan fingerprint density at radius 1 is 1.31 bits per heavy atom. The summed E-state index contributed by atoms with van der Waals surface area (Å²) in [6.45, 7) is 5.42. The zero-order valence-electron chi connectivity index (χ0n) is 18.5. The average molecular weight is 486 g/mol. The number of hydrogen-bond donors (Lipinski definition) is 3. The SMILES string of the molecule is CCSC(NC(=O)C(S)c1nc(C)no1)c1c(O)cc(OC)c(C)c1C(=O)OCCOC. The van der Waals surface area contributed by atoms with Crippen LogP contribution in [0.5, 0.6) is 11.5 Å². The first-order valence-electron chi connectivity index (χ1n) is 9.71. The van der Waals surface area contributed by atoms with E-state index in [1.54, 1.807) is 13.8 Å². The van der Waals surface area contributed by atoms with Crippen molar-refractivity contribution in [3.63, 3.8) is 0 Å². The van der Waals surface area contributed by atoms with Gasteiger partial charge in [-0.2, -0.15) is 17.6 Å². The molecule has 0 aliphatic carbocycles. The fourth-order valence-corrected chi connectivity index (χ4v) is 4.02. The zero-order chi connectivity index (χ0) is 23.8. The molecular formula is C20H27N3O7S2. The Morgan fingerprint density at radius 3 is 2.59 bits per heavy atom. The topological polar surface area (TPSA) is 133 Å². The van der Waals surface area contributed by atoms with Crippen LogP contribution in [0.25, 0.3) is 0 Å². The van der Waals surface area contributed by atoms with E-state index < -0.39 is 22.5 Å². The molecular weight excluding hydrogens is 458 g/mol. The quantitative estimate of drug-likeness (QED) is 0.189. The molecule has 12 heteroatoms. The number of esters is 1. The van der Waals surface area contributed by atoms with Gasteiger partial charge in [0.25, 0.3) is 0 Å². The number of amides is 1. The van der Waals surface area contributed by atoms with E-state index in [9.17, 15) is 14.7 Å². The largest absolute Gasteiger partial charge is 0.507 e. The van der Waals surface area contributed by atoms with E-state index in [4.69, 9.17) is 18.7 Å². The van der Waals surface area contributed by atoms with Crippen molar-refractivity contribution in [2.24, 2.45) is 0 Å². The van der Waals surface area contributed by atoms with Crippen LogP contribution < -0.4 is 10.1 Å². The molecule has 0 saturated heterocycles. The number of thioether (sulfide) groups is 1. The molecule has 2 N–H and O–H groups in total. The van der Waals surface area contributed by atoms with E-state index in [1.165, 1.54) is 32.0 Å². The number of aromatic hydroxyl groups is 1. The maximum absolute atomic E-state index is 12.9. The highest BCUT2D eigenvalue weighted by molar-refractivity contribution is 7.99.